The zero-order valence-corrected chi connectivity index (χ0v) is 15.8. The molecule has 8 nitrogen and oxygen atoms in total. The lowest BCUT2D eigenvalue weighted by Crippen LogP contribution is -2.34. The van der Waals surface area contributed by atoms with E-state index in [4.69, 9.17) is 4.74 Å². The molecule has 2 aliphatic heterocycles. The predicted octanol–water partition coefficient (Wildman–Crippen LogP) is 0.858. The topological polar surface area (TPSA) is 91.0 Å². The fraction of sp³-hybridized carbons (Fsp3) is 0.526. The summed E-state index contributed by atoms with van der Waals surface area (Å²) in [6, 6.07) is 4.93. The molecule has 2 heterocycles. The third-order valence-electron chi connectivity index (χ3n) is 5.60. The van der Waals surface area contributed by atoms with Crippen LogP contribution in [-0.2, 0) is 14.3 Å². The molecule has 28 heavy (non-hydrogen) atoms. The Labute approximate surface area is 162 Å². The van der Waals surface area contributed by atoms with Crippen LogP contribution in [0.5, 0.6) is 0 Å². The second kappa shape index (κ2) is 6.96. The van der Waals surface area contributed by atoms with Crippen LogP contribution in [0.25, 0.3) is 0 Å². The molecule has 9 heteroatoms. The molecule has 0 aromatic heterocycles. The first-order chi connectivity index (χ1) is 13.3. The molecule has 0 bridgehead atoms. The first-order valence-electron chi connectivity index (χ1n) is 9.37. The fourth-order valence-electron chi connectivity index (χ4n) is 4.19. The summed E-state index contributed by atoms with van der Waals surface area (Å²) in [5, 5.41) is 5.55. The Kier molecular flexibility index (Phi) is 4.60. The molecule has 4 rings (SSSR count). The smallest absolute Gasteiger partial charge is 0.414 e. The molecule has 3 fully saturated rings. The van der Waals surface area contributed by atoms with Crippen molar-refractivity contribution in [2.45, 2.75) is 26.0 Å². The van der Waals surface area contributed by atoms with Gasteiger partial charge in [-0.25, -0.2) is 9.18 Å². The average molecular weight is 390 g/mol. The van der Waals surface area contributed by atoms with Gasteiger partial charge in [0.1, 0.15) is 11.9 Å². The Morgan fingerprint density at radius 2 is 1.89 bits per heavy atom. The lowest BCUT2D eigenvalue weighted by Gasteiger charge is -2.24. The highest BCUT2D eigenvalue weighted by Crippen LogP contribution is 2.47. The molecule has 150 valence electrons. The molecule has 2 N–H and O–H groups in total. The van der Waals surface area contributed by atoms with Gasteiger partial charge in [0.2, 0.25) is 11.8 Å². The van der Waals surface area contributed by atoms with Gasteiger partial charge in [-0.15, -0.1) is 0 Å². The second-order valence-electron chi connectivity index (χ2n) is 7.65. The van der Waals surface area contributed by atoms with Crippen LogP contribution < -0.4 is 20.4 Å². The van der Waals surface area contributed by atoms with E-state index < -0.39 is 18.0 Å². The van der Waals surface area contributed by atoms with Crippen molar-refractivity contribution in [1.29, 1.82) is 0 Å². The Morgan fingerprint density at radius 3 is 2.50 bits per heavy atom. The van der Waals surface area contributed by atoms with E-state index in [-0.39, 0.29) is 30.9 Å². The van der Waals surface area contributed by atoms with Gasteiger partial charge in [-0.05, 0) is 18.2 Å². The van der Waals surface area contributed by atoms with Crippen molar-refractivity contribution in [1.82, 2.24) is 10.6 Å². The molecule has 1 aliphatic carbocycles. The van der Waals surface area contributed by atoms with E-state index in [1.54, 1.807) is 12.1 Å². The van der Waals surface area contributed by atoms with Gasteiger partial charge in [0.15, 0.2) is 0 Å². The van der Waals surface area contributed by atoms with Crippen LogP contribution in [0.1, 0.15) is 13.8 Å². The minimum Gasteiger partial charge on any atom is -0.442 e. The highest BCUT2D eigenvalue weighted by Gasteiger charge is 2.56. The van der Waals surface area contributed by atoms with Crippen LogP contribution in [0.3, 0.4) is 0 Å². The summed E-state index contributed by atoms with van der Waals surface area (Å²) >= 11 is 0. The van der Waals surface area contributed by atoms with Crippen molar-refractivity contribution in [2.24, 2.45) is 11.8 Å². The number of nitrogens with zero attached hydrogens (tertiary/aromatic N) is 2. The van der Waals surface area contributed by atoms with E-state index in [9.17, 15) is 18.8 Å². The fourth-order valence-corrected chi connectivity index (χ4v) is 4.19. The van der Waals surface area contributed by atoms with Crippen LogP contribution in [0, 0.1) is 17.7 Å². The monoisotopic (exact) mass is 390 g/mol. The number of nitrogens with one attached hydrogen (secondary N) is 2. The molecule has 2 saturated heterocycles. The standard InChI is InChI=1S/C19H23FN4O4/c1-10(25)21-6-13-7-24(19(27)28-13)12-3-4-17(16(20)5-12)23-8-14-15(9-23)18(14)22-11(2)26/h3-5,13-15,18H,6-9H2,1-2H3,(H,21,25)(H,22,26)/t13-,14-,15+,18?/m0/s1. The van der Waals surface area contributed by atoms with Gasteiger partial charge in [-0.1, -0.05) is 0 Å². The van der Waals surface area contributed by atoms with E-state index in [1.807, 2.05) is 4.90 Å². The number of anilines is 2. The molecule has 0 spiro atoms. The molecule has 1 aromatic carbocycles. The molecule has 0 radical (unpaired) electrons. The summed E-state index contributed by atoms with van der Waals surface area (Å²) in [7, 11) is 0. The number of benzene rings is 1. The summed E-state index contributed by atoms with van der Waals surface area (Å²) < 4.78 is 20.0. The molecule has 3 aliphatic rings. The molecule has 3 amide bonds. The number of rotatable bonds is 5. The molecular weight excluding hydrogens is 367 g/mol. The summed E-state index contributed by atoms with van der Waals surface area (Å²) in [5.74, 6) is 0.107. The predicted molar refractivity (Wildman–Crippen MR) is 99.5 cm³/mol. The molecule has 1 saturated carbocycles. The zero-order chi connectivity index (χ0) is 20.0. The van der Waals surface area contributed by atoms with Crippen LogP contribution in [0.4, 0.5) is 20.6 Å². The third kappa shape index (κ3) is 3.48. The van der Waals surface area contributed by atoms with Crippen LogP contribution in [-0.4, -0.2) is 56.2 Å². The summed E-state index contributed by atoms with van der Waals surface area (Å²) in [4.78, 5) is 37.6. The molecule has 1 unspecified atom stereocenters. The van der Waals surface area contributed by atoms with Crippen LogP contribution in [0.2, 0.25) is 0 Å². The number of carbonyl (C=O) groups is 3. The van der Waals surface area contributed by atoms with Crippen molar-refractivity contribution in [3.63, 3.8) is 0 Å². The van der Waals surface area contributed by atoms with Gasteiger partial charge in [-0.2, -0.15) is 0 Å². The van der Waals surface area contributed by atoms with Crippen molar-refractivity contribution < 1.29 is 23.5 Å². The molecular formula is C19H23FN4O4. The number of piperidine rings is 1. The van der Waals surface area contributed by atoms with Crippen molar-refractivity contribution >= 4 is 29.3 Å². The van der Waals surface area contributed by atoms with E-state index in [2.05, 4.69) is 10.6 Å². The van der Waals surface area contributed by atoms with Gasteiger partial charge in [0.05, 0.1) is 24.5 Å². The normalized spacial score (nSPS) is 28.0. The minimum absolute atomic E-state index is 0.0317. The van der Waals surface area contributed by atoms with Gasteiger partial charge in [0, 0.05) is 44.8 Å². The Hall–Kier alpha value is -2.84. The van der Waals surface area contributed by atoms with Crippen LogP contribution in [0.15, 0.2) is 18.2 Å². The minimum atomic E-state index is -0.553. The largest absolute Gasteiger partial charge is 0.442 e. The highest BCUT2D eigenvalue weighted by molar-refractivity contribution is 5.90. The summed E-state index contributed by atoms with van der Waals surface area (Å²) in [6.07, 6.45) is -1.02. The Bertz CT molecular complexity index is 820. The molecule has 1 aromatic rings. The maximum absolute atomic E-state index is 14.7. The first-order valence-corrected chi connectivity index (χ1v) is 9.37. The van der Waals surface area contributed by atoms with E-state index in [0.717, 1.165) is 0 Å². The number of amides is 3. The SMILES string of the molecule is CC(=O)NC[C@H]1CN(c2ccc(N3C[C@@H]4C(NC(C)=O)[C@@H]4C3)c(F)c2)C(=O)O1. The van der Waals surface area contributed by atoms with Crippen LogP contribution >= 0.6 is 0 Å². The van der Waals surface area contributed by atoms with Crippen molar-refractivity contribution in [3.05, 3.63) is 24.0 Å². The number of hydrogen-bond acceptors (Lipinski definition) is 5. The third-order valence-corrected chi connectivity index (χ3v) is 5.60. The average Bonchev–Trinajstić information content (AvgIpc) is 2.99. The zero-order valence-electron chi connectivity index (χ0n) is 15.8. The number of halogens is 1. The number of carbonyl (C=O) groups excluding carboxylic acids is 3. The summed E-state index contributed by atoms with van der Waals surface area (Å²) in [6.45, 7) is 4.79. The quantitative estimate of drug-likeness (QED) is 0.778. The highest BCUT2D eigenvalue weighted by atomic mass is 19.1. The number of hydrogen-bond donors (Lipinski definition) is 2. The number of cyclic esters (lactones) is 1. The number of fused-ring (bicyclic) bond motifs is 1. The lowest BCUT2D eigenvalue weighted by atomic mass is 10.2. The number of ether oxygens (including phenoxy) is 1. The van der Waals surface area contributed by atoms with Crippen molar-refractivity contribution in [2.75, 3.05) is 36.0 Å². The lowest BCUT2D eigenvalue weighted by molar-refractivity contribution is -0.120. The maximum Gasteiger partial charge on any atom is 0.414 e. The maximum atomic E-state index is 14.7. The van der Waals surface area contributed by atoms with Gasteiger partial charge < -0.3 is 20.3 Å². The Morgan fingerprint density at radius 1 is 1.18 bits per heavy atom. The van der Waals surface area contributed by atoms with Gasteiger partial charge in [-0.3, -0.25) is 14.5 Å². The summed E-state index contributed by atoms with van der Waals surface area (Å²) in [5.41, 5.74) is 0.928. The second-order valence-corrected chi connectivity index (χ2v) is 7.65. The molecule has 4 atom stereocenters. The van der Waals surface area contributed by atoms with Crippen molar-refractivity contribution in [3.8, 4) is 0 Å². The van der Waals surface area contributed by atoms with Gasteiger partial charge in [0.25, 0.3) is 0 Å². The Balaban J connectivity index is 1.39. The van der Waals surface area contributed by atoms with E-state index in [1.165, 1.54) is 24.8 Å². The van der Waals surface area contributed by atoms with E-state index in [0.29, 0.717) is 36.3 Å². The van der Waals surface area contributed by atoms with Gasteiger partial charge >= 0.3 is 6.09 Å². The van der Waals surface area contributed by atoms with E-state index >= 15 is 0 Å². The first kappa shape index (κ1) is 18.5.